The van der Waals surface area contributed by atoms with Crippen molar-refractivity contribution in [1.29, 1.82) is 0 Å². The molecule has 7 heteroatoms. The number of hydrogen-bond donors (Lipinski definition) is 0. The average Bonchev–Trinajstić information content (AvgIpc) is 3.25. The maximum absolute atomic E-state index is 13.3. The van der Waals surface area contributed by atoms with Crippen LogP contribution in [0.25, 0.3) is 11.3 Å². The number of carbonyl (C=O) groups excluding carboxylic acids is 1. The van der Waals surface area contributed by atoms with Crippen LogP contribution in [0.4, 0.5) is 0 Å². The van der Waals surface area contributed by atoms with Crippen LogP contribution in [0.15, 0.2) is 10.7 Å². The van der Waals surface area contributed by atoms with Gasteiger partial charge in [0.2, 0.25) is 5.91 Å². The molecule has 4 heterocycles. The van der Waals surface area contributed by atoms with Gasteiger partial charge in [0.25, 0.3) is 0 Å². The Labute approximate surface area is 173 Å². The minimum Gasteiger partial charge on any atom is -0.356 e. The largest absolute Gasteiger partial charge is 0.356 e. The number of aromatic nitrogens is 3. The van der Waals surface area contributed by atoms with Gasteiger partial charge >= 0.3 is 0 Å². The third kappa shape index (κ3) is 4.10. The molecule has 2 saturated heterocycles. The van der Waals surface area contributed by atoms with Gasteiger partial charge in [-0.25, -0.2) is 0 Å². The van der Waals surface area contributed by atoms with E-state index in [1.54, 1.807) is 0 Å². The first-order chi connectivity index (χ1) is 13.9. The van der Waals surface area contributed by atoms with E-state index < -0.39 is 0 Å². The van der Waals surface area contributed by atoms with E-state index in [9.17, 15) is 4.79 Å². The molecule has 1 amide bonds. The SMILES string of the molecule is Cc1noc(-c2cn(C)nc2C2CCCCN2C(=O)CN2CCC(C)CC2)c1C. The van der Waals surface area contributed by atoms with E-state index in [-0.39, 0.29) is 11.9 Å². The van der Waals surface area contributed by atoms with Crippen molar-refractivity contribution in [2.75, 3.05) is 26.2 Å². The van der Waals surface area contributed by atoms with Gasteiger partial charge in [-0.3, -0.25) is 14.4 Å². The fraction of sp³-hybridized carbons (Fsp3) is 0.682. The lowest BCUT2D eigenvalue weighted by molar-refractivity contribution is -0.136. The number of hydrogen-bond acceptors (Lipinski definition) is 5. The summed E-state index contributed by atoms with van der Waals surface area (Å²) in [5.74, 6) is 1.77. The summed E-state index contributed by atoms with van der Waals surface area (Å²) in [6.07, 6.45) is 7.48. The zero-order valence-electron chi connectivity index (χ0n) is 18.1. The number of piperidine rings is 2. The molecule has 0 radical (unpaired) electrons. The monoisotopic (exact) mass is 399 g/mol. The number of rotatable bonds is 4. The van der Waals surface area contributed by atoms with Crippen molar-refractivity contribution in [1.82, 2.24) is 24.7 Å². The minimum atomic E-state index is 0.000898. The van der Waals surface area contributed by atoms with Gasteiger partial charge in [-0.2, -0.15) is 5.10 Å². The molecule has 2 aromatic heterocycles. The molecule has 158 valence electrons. The van der Waals surface area contributed by atoms with Crippen molar-refractivity contribution in [2.24, 2.45) is 13.0 Å². The molecule has 2 aliphatic rings. The van der Waals surface area contributed by atoms with Crippen LogP contribution in [-0.2, 0) is 11.8 Å². The molecule has 0 aromatic carbocycles. The van der Waals surface area contributed by atoms with E-state index >= 15 is 0 Å². The molecule has 0 bridgehead atoms. The zero-order chi connectivity index (χ0) is 20.5. The van der Waals surface area contributed by atoms with E-state index in [4.69, 9.17) is 9.62 Å². The molecule has 2 aromatic rings. The summed E-state index contributed by atoms with van der Waals surface area (Å²) in [4.78, 5) is 17.6. The van der Waals surface area contributed by atoms with Crippen molar-refractivity contribution in [3.63, 3.8) is 0 Å². The quantitative estimate of drug-likeness (QED) is 0.787. The molecule has 1 unspecified atom stereocenters. The molecular weight excluding hydrogens is 366 g/mol. The Balaban J connectivity index is 1.58. The van der Waals surface area contributed by atoms with Crippen LogP contribution in [0.5, 0.6) is 0 Å². The lowest BCUT2D eigenvalue weighted by Crippen LogP contribution is -2.46. The Kier molecular flexibility index (Phi) is 5.76. The molecule has 2 aliphatic heterocycles. The van der Waals surface area contributed by atoms with E-state index in [1.807, 2.05) is 31.8 Å². The van der Waals surface area contributed by atoms with Crippen LogP contribution in [0.1, 0.15) is 62.0 Å². The minimum absolute atomic E-state index is 0.000898. The van der Waals surface area contributed by atoms with Crippen LogP contribution >= 0.6 is 0 Å². The summed E-state index contributed by atoms with van der Waals surface area (Å²) in [7, 11) is 1.93. The topological polar surface area (TPSA) is 67.4 Å². The summed E-state index contributed by atoms with van der Waals surface area (Å²) < 4.78 is 7.46. The predicted molar refractivity (Wildman–Crippen MR) is 111 cm³/mol. The van der Waals surface area contributed by atoms with Crippen molar-refractivity contribution in [2.45, 2.75) is 58.9 Å². The summed E-state index contributed by atoms with van der Waals surface area (Å²) in [5.41, 5.74) is 3.83. The first kappa shape index (κ1) is 20.1. The highest BCUT2D eigenvalue weighted by Gasteiger charge is 2.34. The van der Waals surface area contributed by atoms with Gasteiger partial charge in [-0.05, 0) is 65.0 Å². The van der Waals surface area contributed by atoms with Crippen molar-refractivity contribution >= 4 is 5.91 Å². The molecule has 4 rings (SSSR count). The number of carbonyl (C=O) groups is 1. The van der Waals surface area contributed by atoms with Crippen LogP contribution in [0.3, 0.4) is 0 Å². The van der Waals surface area contributed by atoms with Gasteiger partial charge in [0.05, 0.1) is 29.5 Å². The maximum Gasteiger partial charge on any atom is 0.237 e. The highest BCUT2D eigenvalue weighted by Crippen LogP contribution is 2.37. The van der Waals surface area contributed by atoms with Crippen LogP contribution in [0, 0.1) is 19.8 Å². The highest BCUT2D eigenvalue weighted by atomic mass is 16.5. The standard InChI is InChI=1S/C22H33N5O2/c1-15-8-11-26(12-9-15)14-20(28)27-10-6-5-7-19(27)21-18(13-25(4)23-21)22-16(2)17(3)24-29-22/h13,15,19H,5-12,14H2,1-4H3. The number of amides is 1. The van der Waals surface area contributed by atoms with Gasteiger partial charge < -0.3 is 9.42 Å². The highest BCUT2D eigenvalue weighted by molar-refractivity contribution is 5.79. The van der Waals surface area contributed by atoms with Gasteiger partial charge in [-0.15, -0.1) is 0 Å². The smallest absolute Gasteiger partial charge is 0.237 e. The molecule has 7 nitrogen and oxygen atoms in total. The third-order valence-corrected chi connectivity index (χ3v) is 6.63. The first-order valence-corrected chi connectivity index (χ1v) is 10.9. The van der Waals surface area contributed by atoms with Gasteiger partial charge in [0.15, 0.2) is 5.76 Å². The molecule has 2 fully saturated rings. The second-order valence-corrected chi connectivity index (χ2v) is 8.88. The number of nitrogens with zero attached hydrogens (tertiary/aromatic N) is 5. The second kappa shape index (κ2) is 8.30. The normalized spacial score (nSPS) is 21.7. The second-order valence-electron chi connectivity index (χ2n) is 8.88. The molecular formula is C22H33N5O2. The van der Waals surface area contributed by atoms with E-state index in [0.717, 1.165) is 73.1 Å². The van der Waals surface area contributed by atoms with Crippen molar-refractivity contribution in [3.8, 4) is 11.3 Å². The summed E-state index contributed by atoms with van der Waals surface area (Å²) >= 11 is 0. The molecule has 0 N–H and O–H groups in total. The van der Waals surface area contributed by atoms with E-state index in [2.05, 4.69) is 21.9 Å². The molecule has 0 aliphatic carbocycles. The number of likely N-dealkylation sites (tertiary alicyclic amines) is 2. The first-order valence-electron chi connectivity index (χ1n) is 10.9. The van der Waals surface area contributed by atoms with E-state index in [1.165, 1.54) is 12.8 Å². The molecule has 1 atom stereocenters. The number of aryl methyl sites for hydroxylation is 2. The van der Waals surface area contributed by atoms with E-state index in [0.29, 0.717) is 6.54 Å². The third-order valence-electron chi connectivity index (χ3n) is 6.63. The fourth-order valence-corrected chi connectivity index (χ4v) is 4.61. The van der Waals surface area contributed by atoms with Crippen LogP contribution < -0.4 is 0 Å². The maximum atomic E-state index is 13.3. The molecule has 29 heavy (non-hydrogen) atoms. The Bertz CT molecular complexity index is 863. The van der Waals surface area contributed by atoms with Crippen LogP contribution in [-0.4, -0.2) is 56.8 Å². The summed E-state index contributed by atoms with van der Waals surface area (Å²) in [6.45, 7) is 9.65. The summed E-state index contributed by atoms with van der Waals surface area (Å²) in [5, 5.41) is 8.90. The van der Waals surface area contributed by atoms with Crippen molar-refractivity contribution < 1.29 is 9.32 Å². The molecule has 0 saturated carbocycles. The average molecular weight is 400 g/mol. The van der Waals surface area contributed by atoms with Gasteiger partial charge in [0.1, 0.15) is 0 Å². The zero-order valence-corrected chi connectivity index (χ0v) is 18.1. The molecule has 0 spiro atoms. The summed E-state index contributed by atoms with van der Waals surface area (Å²) in [6, 6.07) is 0.000898. The Morgan fingerprint density at radius 2 is 1.93 bits per heavy atom. The Morgan fingerprint density at radius 1 is 1.17 bits per heavy atom. The lowest BCUT2D eigenvalue weighted by Gasteiger charge is -2.37. The Morgan fingerprint density at radius 3 is 2.62 bits per heavy atom. The van der Waals surface area contributed by atoms with Crippen LogP contribution in [0.2, 0.25) is 0 Å². The fourth-order valence-electron chi connectivity index (χ4n) is 4.61. The lowest BCUT2D eigenvalue weighted by atomic mass is 9.95. The predicted octanol–water partition coefficient (Wildman–Crippen LogP) is 3.48. The van der Waals surface area contributed by atoms with Gasteiger partial charge in [-0.1, -0.05) is 12.1 Å². The van der Waals surface area contributed by atoms with Crippen molar-refractivity contribution in [3.05, 3.63) is 23.1 Å². The van der Waals surface area contributed by atoms with Gasteiger partial charge in [0, 0.05) is 25.4 Å². The Hall–Kier alpha value is -2.15.